The fraction of sp³-hybridized carbons (Fsp3) is 0.364. The molecule has 1 aromatic rings. The minimum absolute atomic E-state index is 0.251. The third kappa shape index (κ3) is 3.52. The highest BCUT2D eigenvalue weighted by atomic mass is 35.5. The van der Waals surface area contributed by atoms with Crippen molar-refractivity contribution in [2.24, 2.45) is 5.41 Å². The standard InChI is InChI=1S/C11H12ClN3O/c1-11(2,6-13)7-15-10(16)9-5-8(12)3-4-14-9/h3-5H,7H2,1-2H3,(H,15,16). The summed E-state index contributed by atoms with van der Waals surface area (Å²) in [5, 5.41) is 11.9. The zero-order chi connectivity index (χ0) is 12.2. The van der Waals surface area contributed by atoms with Crippen LogP contribution in [-0.2, 0) is 0 Å². The molecule has 1 heterocycles. The van der Waals surface area contributed by atoms with E-state index in [0.29, 0.717) is 5.02 Å². The molecule has 0 atom stereocenters. The zero-order valence-electron chi connectivity index (χ0n) is 9.12. The van der Waals surface area contributed by atoms with Crippen LogP contribution in [0.15, 0.2) is 18.3 Å². The Morgan fingerprint density at radius 2 is 2.38 bits per heavy atom. The lowest BCUT2D eigenvalue weighted by molar-refractivity contribution is 0.0939. The van der Waals surface area contributed by atoms with E-state index in [1.54, 1.807) is 19.9 Å². The molecule has 1 rings (SSSR count). The molecular weight excluding hydrogens is 226 g/mol. The number of amides is 1. The molecule has 0 aliphatic carbocycles. The summed E-state index contributed by atoms with van der Waals surface area (Å²) in [4.78, 5) is 15.5. The molecule has 0 fully saturated rings. The molecule has 4 nitrogen and oxygen atoms in total. The fourth-order valence-electron chi connectivity index (χ4n) is 0.960. The van der Waals surface area contributed by atoms with Crippen molar-refractivity contribution >= 4 is 17.5 Å². The van der Waals surface area contributed by atoms with Gasteiger partial charge >= 0.3 is 0 Å². The van der Waals surface area contributed by atoms with Gasteiger partial charge in [0.05, 0.1) is 11.5 Å². The van der Waals surface area contributed by atoms with Gasteiger partial charge in [0.2, 0.25) is 0 Å². The second kappa shape index (κ2) is 4.95. The third-order valence-electron chi connectivity index (χ3n) is 1.95. The first-order valence-electron chi connectivity index (χ1n) is 4.75. The summed E-state index contributed by atoms with van der Waals surface area (Å²) in [6.45, 7) is 3.77. The Labute approximate surface area is 99.2 Å². The van der Waals surface area contributed by atoms with E-state index in [4.69, 9.17) is 16.9 Å². The van der Waals surface area contributed by atoms with Gasteiger partial charge in [-0.1, -0.05) is 11.6 Å². The van der Waals surface area contributed by atoms with Crippen LogP contribution in [0.2, 0.25) is 5.02 Å². The second-order valence-electron chi connectivity index (χ2n) is 4.04. The van der Waals surface area contributed by atoms with Crippen LogP contribution in [0.1, 0.15) is 24.3 Å². The summed E-state index contributed by atoms with van der Waals surface area (Å²) in [6.07, 6.45) is 1.46. The Kier molecular flexibility index (Phi) is 3.86. The van der Waals surface area contributed by atoms with Crippen LogP contribution in [0.4, 0.5) is 0 Å². The molecule has 0 radical (unpaired) electrons. The number of nitrogens with one attached hydrogen (secondary N) is 1. The maximum Gasteiger partial charge on any atom is 0.269 e. The van der Waals surface area contributed by atoms with E-state index in [1.807, 2.05) is 0 Å². The number of carbonyl (C=O) groups excluding carboxylic acids is 1. The maximum atomic E-state index is 11.6. The minimum atomic E-state index is -0.589. The summed E-state index contributed by atoms with van der Waals surface area (Å²) < 4.78 is 0. The smallest absolute Gasteiger partial charge is 0.269 e. The highest BCUT2D eigenvalue weighted by molar-refractivity contribution is 6.30. The van der Waals surface area contributed by atoms with Gasteiger partial charge < -0.3 is 5.32 Å². The predicted octanol–water partition coefficient (Wildman–Crippen LogP) is 2.01. The number of nitriles is 1. The van der Waals surface area contributed by atoms with Crippen molar-refractivity contribution in [3.8, 4) is 6.07 Å². The first-order chi connectivity index (χ1) is 7.44. The number of hydrogen-bond acceptors (Lipinski definition) is 3. The van der Waals surface area contributed by atoms with Crippen LogP contribution >= 0.6 is 11.6 Å². The second-order valence-corrected chi connectivity index (χ2v) is 4.47. The lowest BCUT2D eigenvalue weighted by Crippen LogP contribution is -2.33. The van der Waals surface area contributed by atoms with Crippen LogP contribution < -0.4 is 5.32 Å². The summed E-state index contributed by atoms with van der Waals surface area (Å²) in [6, 6.07) is 5.18. The average molecular weight is 238 g/mol. The molecule has 5 heteroatoms. The van der Waals surface area contributed by atoms with Crippen LogP contribution in [0.25, 0.3) is 0 Å². The highest BCUT2D eigenvalue weighted by Crippen LogP contribution is 2.12. The summed E-state index contributed by atoms with van der Waals surface area (Å²) in [7, 11) is 0. The number of nitrogens with zero attached hydrogens (tertiary/aromatic N) is 2. The number of hydrogen-bond donors (Lipinski definition) is 1. The highest BCUT2D eigenvalue weighted by Gasteiger charge is 2.18. The van der Waals surface area contributed by atoms with Gasteiger partial charge in [-0.2, -0.15) is 5.26 Å². The van der Waals surface area contributed by atoms with Gasteiger partial charge in [-0.15, -0.1) is 0 Å². The van der Waals surface area contributed by atoms with Gasteiger partial charge in [0.25, 0.3) is 5.91 Å². The van der Waals surface area contributed by atoms with Crippen molar-refractivity contribution in [2.45, 2.75) is 13.8 Å². The van der Waals surface area contributed by atoms with Crippen molar-refractivity contribution in [1.82, 2.24) is 10.3 Å². The summed E-state index contributed by atoms with van der Waals surface area (Å²) in [5.74, 6) is -0.328. The number of aromatic nitrogens is 1. The first-order valence-corrected chi connectivity index (χ1v) is 5.13. The van der Waals surface area contributed by atoms with E-state index in [2.05, 4.69) is 16.4 Å². The lowest BCUT2D eigenvalue weighted by Gasteiger charge is -2.15. The van der Waals surface area contributed by atoms with Gasteiger partial charge in [-0.3, -0.25) is 9.78 Å². The van der Waals surface area contributed by atoms with Crippen LogP contribution in [0.3, 0.4) is 0 Å². The van der Waals surface area contributed by atoms with Crippen LogP contribution in [0.5, 0.6) is 0 Å². The van der Waals surface area contributed by atoms with Crippen molar-refractivity contribution in [2.75, 3.05) is 6.54 Å². The molecule has 0 aliphatic heterocycles. The van der Waals surface area contributed by atoms with Gasteiger partial charge in [-0.05, 0) is 26.0 Å². The van der Waals surface area contributed by atoms with E-state index < -0.39 is 5.41 Å². The first kappa shape index (κ1) is 12.5. The van der Waals surface area contributed by atoms with Crippen molar-refractivity contribution < 1.29 is 4.79 Å². The van der Waals surface area contributed by atoms with Crippen LogP contribution in [-0.4, -0.2) is 17.4 Å². The SMILES string of the molecule is CC(C)(C#N)CNC(=O)c1cc(Cl)ccn1. The maximum absolute atomic E-state index is 11.6. The molecule has 84 valence electrons. The van der Waals surface area contributed by atoms with E-state index in [-0.39, 0.29) is 18.1 Å². The molecule has 1 aromatic heterocycles. The molecule has 0 aliphatic rings. The van der Waals surface area contributed by atoms with E-state index in [9.17, 15) is 4.79 Å². The van der Waals surface area contributed by atoms with E-state index >= 15 is 0 Å². The Balaban J connectivity index is 2.64. The molecule has 0 saturated carbocycles. The van der Waals surface area contributed by atoms with Gasteiger partial charge in [0, 0.05) is 17.8 Å². The van der Waals surface area contributed by atoms with Crippen molar-refractivity contribution in [1.29, 1.82) is 5.26 Å². The number of pyridine rings is 1. The lowest BCUT2D eigenvalue weighted by atomic mass is 9.96. The third-order valence-corrected chi connectivity index (χ3v) is 2.18. The zero-order valence-corrected chi connectivity index (χ0v) is 9.88. The molecule has 0 unspecified atom stereocenters. The average Bonchev–Trinajstić information content (AvgIpc) is 2.26. The van der Waals surface area contributed by atoms with Crippen LogP contribution in [0, 0.1) is 16.7 Å². The topological polar surface area (TPSA) is 65.8 Å². The molecule has 1 N–H and O–H groups in total. The molecule has 0 spiro atoms. The van der Waals surface area contributed by atoms with Crippen molar-refractivity contribution in [3.63, 3.8) is 0 Å². The van der Waals surface area contributed by atoms with Gasteiger partial charge in [0.15, 0.2) is 0 Å². The minimum Gasteiger partial charge on any atom is -0.349 e. The Hall–Kier alpha value is -1.60. The van der Waals surface area contributed by atoms with Gasteiger partial charge in [0.1, 0.15) is 5.69 Å². The predicted molar refractivity (Wildman–Crippen MR) is 61.0 cm³/mol. The normalized spacial score (nSPS) is 10.6. The van der Waals surface area contributed by atoms with Crippen molar-refractivity contribution in [3.05, 3.63) is 29.0 Å². The fourth-order valence-corrected chi connectivity index (χ4v) is 1.12. The van der Waals surface area contributed by atoms with E-state index in [1.165, 1.54) is 12.3 Å². The Morgan fingerprint density at radius 1 is 1.69 bits per heavy atom. The molecule has 1 amide bonds. The molecule has 0 bridgehead atoms. The molecular formula is C11H12ClN3O. The molecule has 0 aromatic carbocycles. The molecule has 0 saturated heterocycles. The van der Waals surface area contributed by atoms with Gasteiger partial charge in [-0.25, -0.2) is 0 Å². The monoisotopic (exact) mass is 237 g/mol. The Bertz CT molecular complexity index is 437. The number of rotatable bonds is 3. The summed E-state index contributed by atoms with van der Waals surface area (Å²) >= 11 is 5.73. The summed E-state index contributed by atoms with van der Waals surface area (Å²) in [5.41, 5.74) is -0.338. The molecule has 16 heavy (non-hydrogen) atoms. The van der Waals surface area contributed by atoms with E-state index in [0.717, 1.165) is 0 Å². The number of carbonyl (C=O) groups is 1. The number of halogens is 1. The largest absolute Gasteiger partial charge is 0.349 e. The Morgan fingerprint density at radius 3 is 2.94 bits per heavy atom. The quantitative estimate of drug-likeness (QED) is 0.875.